The fourth-order valence-corrected chi connectivity index (χ4v) is 5.81. The number of carboxylic acid groups (broad SMARTS) is 1. The number of rotatable bonds is 9. The molecule has 2 N–H and O–H groups in total. The van der Waals surface area contributed by atoms with Crippen LogP contribution in [0.5, 0.6) is 5.75 Å². The van der Waals surface area contributed by atoms with Gasteiger partial charge in [-0.3, -0.25) is 19.4 Å². The van der Waals surface area contributed by atoms with Crippen LogP contribution in [0.3, 0.4) is 0 Å². The number of carboxylic acids is 1. The molecule has 8 nitrogen and oxygen atoms in total. The summed E-state index contributed by atoms with van der Waals surface area (Å²) in [5.41, 5.74) is 0.600. The maximum absolute atomic E-state index is 14.6. The number of nitrogens with one attached hydrogen (secondary N) is 1. The van der Waals surface area contributed by atoms with Crippen LogP contribution in [0.15, 0.2) is 41.4 Å². The van der Waals surface area contributed by atoms with Gasteiger partial charge in [0.05, 0.1) is 19.6 Å². The minimum Gasteiger partial charge on any atom is -0.491 e. The number of hydrogen-bond acceptors (Lipinski definition) is 5. The zero-order chi connectivity index (χ0) is 27.7. The van der Waals surface area contributed by atoms with Crippen molar-refractivity contribution in [3.8, 4) is 5.75 Å². The van der Waals surface area contributed by atoms with E-state index in [2.05, 4.69) is 5.32 Å². The highest BCUT2D eigenvalue weighted by atomic mass is 19.1. The van der Waals surface area contributed by atoms with Crippen LogP contribution >= 0.6 is 0 Å². The lowest BCUT2D eigenvalue weighted by atomic mass is 9.86. The smallest absolute Gasteiger partial charge is 0.305 e. The number of ether oxygens (including phenoxy) is 1. The molecule has 0 bridgehead atoms. The lowest BCUT2D eigenvalue weighted by Gasteiger charge is -2.44. The Balaban J connectivity index is 1.47. The Morgan fingerprint density at radius 3 is 2.33 bits per heavy atom. The van der Waals surface area contributed by atoms with Crippen LogP contribution in [0.25, 0.3) is 0 Å². The maximum Gasteiger partial charge on any atom is 0.305 e. The van der Waals surface area contributed by atoms with Crippen molar-refractivity contribution >= 4 is 23.5 Å². The molecule has 2 saturated carbocycles. The van der Waals surface area contributed by atoms with Gasteiger partial charge in [-0.2, -0.15) is 0 Å². The highest BCUT2D eigenvalue weighted by Crippen LogP contribution is 2.52. The monoisotopic (exact) mass is 539 g/mol. The number of carbonyl (C=O) groups is 3. The number of benzene rings is 2. The molecule has 206 valence electrons. The van der Waals surface area contributed by atoms with E-state index in [1.54, 1.807) is 12.1 Å². The topological polar surface area (TPSA) is 108 Å². The highest BCUT2D eigenvalue weighted by Gasteiger charge is 2.54. The summed E-state index contributed by atoms with van der Waals surface area (Å²) in [6.07, 6.45) is 5.83. The van der Waals surface area contributed by atoms with E-state index in [4.69, 9.17) is 14.8 Å². The Morgan fingerprint density at radius 1 is 1.13 bits per heavy atom. The van der Waals surface area contributed by atoms with E-state index in [9.17, 15) is 23.2 Å². The fraction of sp³-hybridized carbons (Fsp3) is 0.448. The second kappa shape index (κ2) is 10.7. The molecular weight excluding hydrogens is 508 g/mol. The second-order valence-corrected chi connectivity index (χ2v) is 10.5. The van der Waals surface area contributed by atoms with Gasteiger partial charge in [0.25, 0.3) is 11.8 Å². The van der Waals surface area contributed by atoms with Crippen molar-refractivity contribution in [2.24, 2.45) is 10.9 Å². The van der Waals surface area contributed by atoms with Crippen LogP contribution in [-0.2, 0) is 9.59 Å². The molecule has 0 unspecified atom stereocenters. The summed E-state index contributed by atoms with van der Waals surface area (Å²) in [6, 6.07) is 8.89. The molecule has 39 heavy (non-hydrogen) atoms. The van der Waals surface area contributed by atoms with E-state index in [1.165, 1.54) is 7.11 Å². The molecule has 2 aromatic carbocycles. The number of halogens is 2. The van der Waals surface area contributed by atoms with Gasteiger partial charge >= 0.3 is 5.97 Å². The van der Waals surface area contributed by atoms with E-state index in [-0.39, 0.29) is 48.0 Å². The summed E-state index contributed by atoms with van der Waals surface area (Å²) in [7, 11) is 1.18. The summed E-state index contributed by atoms with van der Waals surface area (Å²) in [6.45, 7) is 0.0259. The number of aliphatic carboxylic acids is 1. The molecule has 1 atom stereocenters. The second-order valence-electron chi connectivity index (χ2n) is 10.5. The fourth-order valence-electron chi connectivity index (χ4n) is 5.81. The molecular formula is C29H31F2N3O5. The molecule has 2 aromatic rings. The molecule has 3 aliphatic rings. The van der Waals surface area contributed by atoms with Crippen LogP contribution in [0.2, 0.25) is 0 Å². The number of carbonyl (C=O) groups excluding carboxylic acids is 2. The van der Waals surface area contributed by atoms with Gasteiger partial charge in [0.1, 0.15) is 11.4 Å². The van der Waals surface area contributed by atoms with Crippen molar-refractivity contribution in [1.29, 1.82) is 0 Å². The van der Waals surface area contributed by atoms with E-state index < -0.39 is 29.0 Å². The van der Waals surface area contributed by atoms with Gasteiger partial charge in [-0.1, -0.05) is 18.6 Å². The van der Waals surface area contributed by atoms with Crippen molar-refractivity contribution in [2.75, 3.05) is 13.7 Å². The summed E-state index contributed by atoms with van der Waals surface area (Å²) in [4.78, 5) is 44.0. The SMILES string of the molecule is COc1c(F)cc(C2=NC3(CCCCC3)N([C@@H](c3ccc(C(=O)NCCC(=O)O)cc3)C3CC3)C2=O)cc1F. The Hall–Kier alpha value is -3.82. The predicted octanol–water partition coefficient (Wildman–Crippen LogP) is 4.62. The molecule has 10 heteroatoms. The molecule has 0 aromatic heterocycles. The van der Waals surface area contributed by atoms with Gasteiger partial charge in [0, 0.05) is 17.7 Å². The van der Waals surface area contributed by atoms with Crippen molar-refractivity contribution in [1.82, 2.24) is 10.2 Å². The first-order valence-corrected chi connectivity index (χ1v) is 13.3. The van der Waals surface area contributed by atoms with E-state index >= 15 is 0 Å². The molecule has 0 radical (unpaired) electrons. The minimum atomic E-state index is -0.994. The van der Waals surface area contributed by atoms with Crippen molar-refractivity contribution in [3.63, 3.8) is 0 Å². The standard InChI is InChI=1S/C29H31F2N3O5/c1-39-26-21(30)15-20(16-22(26)31)24-28(38)34(29(33-24)12-3-2-4-13-29)25(17-5-6-17)18-7-9-19(10-8-18)27(37)32-14-11-23(35)36/h7-10,15-17,25H,2-6,11-14H2,1H3,(H,32,37)(H,35,36)/t25-/m1/s1. The molecule has 1 heterocycles. The Bertz CT molecular complexity index is 1290. The number of nitrogens with zero attached hydrogens (tertiary/aromatic N) is 2. The van der Waals surface area contributed by atoms with Gasteiger partial charge in [0.15, 0.2) is 17.4 Å². The average Bonchev–Trinajstić information content (AvgIpc) is 3.71. The summed E-state index contributed by atoms with van der Waals surface area (Å²) < 4.78 is 34.0. The van der Waals surface area contributed by atoms with Crippen molar-refractivity contribution in [3.05, 3.63) is 64.7 Å². The lowest BCUT2D eigenvalue weighted by molar-refractivity contribution is -0.137. The molecule has 5 rings (SSSR count). The summed E-state index contributed by atoms with van der Waals surface area (Å²) in [5, 5.41) is 11.4. The first-order valence-electron chi connectivity index (χ1n) is 13.3. The van der Waals surface area contributed by atoms with Gasteiger partial charge in [-0.05, 0) is 74.3 Å². The zero-order valence-corrected chi connectivity index (χ0v) is 21.7. The van der Waals surface area contributed by atoms with Gasteiger partial charge < -0.3 is 20.1 Å². The third kappa shape index (κ3) is 5.24. The van der Waals surface area contributed by atoms with E-state index in [0.29, 0.717) is 18.4 Å². The first-order chi connectivity index (χ1) is 18.7. The minimum absolute atomic E-state index is 0.0259. The highest BCUT2D eigenvalue weighted by molar-refractivity contribution is 6.46. The van der Waals surface area contributed by atoms with E-state index in [0.717, 1.165) is 49.8 Å². The number of hydrogen-bond donors (Lipinski definition) is 2. The quantitative estimate of drug-likeness (QED) is 0.484. The predicted molar refractivity (Wildman–Crippen MR) is 139 cm³/mol. The van der Waals surface area contributed by atoms with Gasteiger partial charge in [0.2, 0.25) is 0 Å². The van der Waals surface area contributed by atoms with Crippen molar-refractivity contribution < 1.29 is 33.0 Å². The van der Waals surface area contributed by atoms with Crippen LogP contribution in [-0.4, -0.2) is 52.8 Å². The number of amides is 2. The zero-order valence-electron chi connectivity index (χ0n) is 21.7. The number of methoxy groups -OCH3 is 1. The average molecular weight is 540 g/mol. The van der Waals surface area contributed by atoms with Gasteiger partial charge in [-0.15, -0.1) is 0 Å². The Labute approximate surface area is 225 Å². The largest absolute Gasteiger partial charge is 0.491 e. The van der Waals surface area contributed by atoms with Crippen LogP contribution in [0.1, 0.15) is 78.9 Å². The molecule has 1 spiro atoms. The lowest BCUT2D eigenvalue weighted by Crippen LogP contribution is -2.50. The summed E-state index contributed by atoms with van der Waals surface area (Å²) in [5.74, 6) is -3.80. The van der Waals surface area contributed by atoms with Crippen molar-refractivity contribution in [2.45, 2.75) is 63.1 Å². The first kappa shape index (κ1) is 26.8. The third-order valence-electron chi connectivity index (χ3n) is 7.81. The van der Waals surface area contributed by atoms with Gasteiger partial charge in [-0.25, -0.2) is 8.78 Å². The third-order valence-corrected chi connectivity index (χ3v) is 7.81. The molecule has 2 fully saturated rings. The Kier molecular flexibility index (Phi) is 7.38. The maximum atomic E-state index is 14.6. The van der Waals surface area contributed by atoms with Crippen LogP contribution < -0.4 is 10.1 Å². The number of aliphatic imine (C=N–C) groups is 1. The molecule has 2 aliphatic carbocycles. The van der Waals surface area contributed by atoms with E-state index in [1.807, 2.05) is 17.0 Å². The normalized spacial score (nSPS) is 19.1. The molecule has 1 aliphatic heterocycles. The van der Waals surface area contributed by atoms with Crippen LogP contribution in [0, 0.1) is 17.6 Å². The summed E-state index contributed by atoms with van der Waals surface area (Å²) >= 11 is 0. The molecule has 2 amide bonds. The van der Waals surface area contributed by atoms with Crippen LogP contribution in [0.4, 0.5) is 8.78 Å². The molecule has 0 saturated heterocycles. The Morgan fingerprint density at radius 2 is 1.77 bits per heavy atom.